The highest BCUT2D eigenvalue weighted by Gasteiger charge is 2.18. The lowest BCUT2D eigenvalue weighted by Gasteiger charge is -2.13. The normalized spacial score (nSPS) is 12.3. The minimum Gasteiger partial charge on any atom is -0.370 e. The molecule has 1 atom stereocenters. The average molecular weight is 300 g/mol. The second-order valence-electron chi connectivity index (χ2n) is 4.92. The second kappa shape index (κ2) is 5.44. The van der Waals surface area contributed by atoms with Crippen molar-refractivity contribution in [3.8, 4) is 0 Å². The SMILES string of the molecule is CC(Nc1cc(F)ccc1[N+](=O)[O-])c1nc2ccccc2[nH]1. The van der Waals surface area contributed by atoms with Crippen LogP contribution in [-0.2, 0) is 0 Å². The molecule has 0 radical (unpaired) electrons. The van der Waals surface area contributed by atoms with E-state index in [9.17, 15) is 14.5 Å². The molecule has 0 saturated carbocycles. The number of fused-ring (bicyclic) bond motifs is 1. The number of nitrogens with one attached hydrogen (secondary N) is 2. The van der Waals surface area contributed by atoms with Crippen LogP contribution in [0, 0.1) is 15.9 Å². The summed E-state index contributed by atoms with van der Waals surface area (Å²) in [6.45, 7) is 1.80. The summed E-state index contributed by atoms with van der Waals surface area (Å²) in [6, 6.07) is 10.5. The predicted molar refractivity (Wildman–Crippen MR) is 81.2 cm³/mol. The Labute approximate surface area is 125 Å². The zero-order valence-corrected chi connectivity index (χ0v) is 11.7. The predicted octanol–water partition coefficient (Wildman–Crippen LogP) is 3.78. The van der Waals surface area contributed by atoms with Gasteiger partial charge in [-0.15, -0.1) is 0 Å². The Balaban J connectivity index is 1.92. The topological polar surface area (TPSA) is 83.8 Å². The Morgan fingerprint density at radius 3 is 2.82 bits per heavy atom. The van der Waals surface area contributed by atoms with Crippen molar-refractivity contribution in [1.29, 1.82) is 0 Å². The summed E-state index contributed by atoms with van der Waals surface area (Å²) in [6.07, 6.45) is 0. The zero-order chi connectivity index (χ0) is 15.7. The molecule has 2 aromatic carbocycles. The summed E-state index contributed by atoms with van der Waals surface area (Å²) < 4.78 is 13.3. The van der Waals surface area contributed by atoms with Crippen molar-refractivity contribution in [2.75, 3.05) is 5.32 Å². The first-order valence-electron chi connectivity index (χ1n) is 6.70. The largest absolute Gasteiger partial charge is 0.370 e. The minimum atomic E-state index is -0.548. The van der Waals surface area contributed by atoms with Crippen LogP contribution in [0.4, 0.5) is 15.8 Å². The van der Waals surface area contributed by atoms with E-state index >= 15 is 0 Å². The summed E-state index contributed by atoms with van der Waals surface area (Å²) in [5, 5.41) is 13.9. The number of H-pyrrole nitrogens is 1. The van der Waals surface area contributed by atoms with Crippen molar-refractivity contribution in [1.82, 2.24) is 9.97 Å². The maximum Gasteiger partial charge on any atom is 0.292 e. The first-order chi connectivity index (χ1) is 10.5. The van der Waals surface area contributed by atoms with Crippen LogP contribution in [0.1, 0.15) is 18.8 Å². The molecule has 2 N–H and O–H groups in total. The lowest BCUT2D eigenvalue weighted by Crippen LogP contribution is -2.10. The van der Waals surface area contributed by atoms with E-state index < -0.39 is 10.7 Å². The van der Waals surface area contributed by atoms with E-state index in [1.165, 1.54) is 0 Å². The molecule has 1 unspecified atom stereocenters. The zero-order valence-electron chi connectivity index (χ0n) is 11.7. The molecule has 112 valence electrons. The minimum absolute atomic E-state index is 0.123. The Bertz CT molecular complexity index is 813. The lowest BCUT2D eigenvalue weighted by atomic mass is 10.2. The smallest absolute Gasteiger partial charge is 0.292 e. The highest BCUT2D eigenvalue weighted by molar-refractivity contribution is 5.75. The van der Waals surface area contributed by atoms with Crippen LogP contribution >= 0.6 is 0 Å². The molecule has 1 aromatic heterocycles. The molecule has 1 heterocycles. The van der Waals surface area contributed by atoms with Gasteiger partial charge in [0.25, 0.3) is 5.69 Å². The Morgan fingerprint density at radius 1 is 1.32 bits per heavy atom. The molecule has 3 aromatic rings. The van der Waals surface area contributed by atoms with Crippen molar-refractivity contribution in [3.05, 3.63) is 64.2 Å². The average Bonchev–Trinajstić information content (AvgIpc) is 2.91. The van der Waals surface area contributed by atoms with Crippen molar-refractivity contribution >= 4 is 22.4 Å². The van der Waals surface area contributed by atoms with Gasteiger partial charge in [-0.05, 0) is 25.1 Å². The molecule has 0 amide bonds. The fourth-order valence-electron chi connectivity index (χ4n) is 2.26. The van der Waals surface area contributed by atoms with E-state index in [2.05, 4.69) is 15.3 Å². The van der Waals surface area contributed by atoms with Crippen LogP contribution in [0.5, 0.6) is 0 Å². The van der Waals surface area contributed by atoms with Crippen LogP contribution in [0.25, 0.3) is 11.0 Å². The number of nitro benzene ring substituents is 1. The maximum absolute atomic E-state index is 13.3. The van der Waals surface area contributed by atoms with Gasteiger partial charge in [0, 0.05) is 12.1 Å². The van der Waals surface area contributed by atoms with Crippen molar-refractivity contribution in [2.24, 2.45) is 0 Å². The van der Waals surface area contributed by atoms with Gasteiger partial charge in [0.15, 0.2) is 0 Å². The van der Waals surface area contributed by atoms with E-state index in [0.717, 1.165) is 29.2 Å². The van der Waals surface area contributed by atoms with Gasteiger partial charge in [-0.2, -0.15) is 0 Å². The Kier molecular flexibility index (Phi) is 3.46. The van der Waals surface area contributed by atoms with Crippen LogP contribution in [0.2, 0.25) is 0 Å². The molecule has 0 aliphatic heterocycles. The van der Waals surface area contributed by atoms with Crippen LogP contribution in [0.3, 0.4) is 0 Å². The first kappa shape index (κ1) is 14.0. The third-order valence-corrected chi connectivity index (χ3v) is 3.35. The molecular weight excluding hydrogens is 287 g/mol. The van der Waals surface area contributed by atoms with Crippen molar-refractivity contribution in [3.63, 3.8) is 0 Å². The molecule has 22 heavy (non-hydrogen) atoms. The molecular formula is C15H13FN4O2. The highest BCUT2D eigenvalue weighted by Crippen LogP contribution is 2.28. The van der Waals surface area contributed by atoms with E-state index in [1.54, 1.807) is 6.92 Å². The van der Waals surface area contributed by atoms with E-state index in [4.69, 9.17) is 0 Å². The number of imidazole rings is 1. The fraction of sp³-hybridized carbons (Fsp3) is 0.133. The maximum atomic E-state index is 13.3. The van der Waals surface area contributed by atoms with Gasteiger partial charge in [-0.3, -0.25) is 10.1 Å². The van der Waals surface area contributed by atoms with Gasteiger partial charge in [0.1, 0.15) is 17.3 Å². The number of halogens is 1. The quantitative estimate of drug-likeness (QED) is 0.567. The molecule has 0 aliphatic rings. The monoisotopic (exact) mass is 300 g/mol. The summed E-state index contributed by atoms with van der Waals surface area (Å²) in [5.74, 6) is 0.0877. The number of benzene rings is 2. The molecule has 3 rings (SSSR count). The Hall–Kier alpha value is -2.96. The van der Waals surface area contributed by atoms with Crippen LogP contribution in [0.15, 0.2) is 42.5 Å². The van der Waals surface area contributed by atoms with Crippen molar-refractivity contribution in [2.45, 2.75) is 13.0 Å². The molecule has 6 nitrogen and oxygen atoms in total. The van der Waals surface area contributed by atoms with E-state index in [1.807, 2.05) is 24.3 Å². The number of para-hydroxylation sites is 2. The number of rotatable bonds is 4. The molecule has 0 saturated heterocycles. The number of aromatic nitrogens is 2. The van der Waals surface area contributed by atoms with E-state index in [-0.39, 0.29) is 17.4 Å². The number of hydrogen-bond acceptors (Lipinski definition) is 4. The number of aromatic amines is 1. The standard InChI is InChI=1S/C15H13FN4O2/c1-9(15-18-11-4-2-3-5-12(11)19-15)17-13-8-10(16)6-7-14(13)20(21)22/h2-9,17H,1H3,(H,18,19). The van der Waals surface area contributed by atoms with Crippen molar-refractivity contribution < 1.29 is 9.31 Å². The first-order valence-corrected chi connectivity index (χ1v) is 6.70. The Morgan fingerprint density at radius 2 is 2.09 bits per heavy atom. The highest BCUT2D eigenvalue weighted by atomic mass is 19.1. The summed E-state index contributed by atoms with van der Waals surface area (Å²) in [5.41, 5.74) is 1.63. The third kappa shape index (κ3) is 2.60. The summed E-state index contributed by atoms with van der Waals surface area (Å²) >= 11 is 0. The fourth-order valence-corrected chi connectivity index (χ4v) is 2.26. The lowest BCUT2D eigenvalue weighted by molar-refractivity contribution is -0.384. The number of hydrogen-bond donors (Lipinski definition) is 2. The van der Waals surface area contributed by atoms with Gasteiger partial charge in [-0.1, -0.05) is 12.1 Å². The summed E-state index contributed by atoms with van der Waals surface area (Å²) in [7, 11) is 0. The van der Waals surface area contributed by atoms with Gasteiger partial charge in [0.05, 0.1) is 22.0 Å². The molecule has 0 fully saturated rings. The van der Waals surface area contributed by atoms with Crippen LogP contribution < -0.4 is 5.32 Å². The molecule has 0 bridgehead atoms. The van der Waals surface area contributed by atoms with Crippen LogP contribution in [-0.4, -0.2) is 14.9 Å². The number of nitro groups is 1. The van der Waals surface area contributed by atoms with Gasteiger partial charge < -0.3 is 10.3 Å². The number of nitrogens with zero attached hydrogens (tertiary/aromatic N) is 2. The molecule has 0 spiro atoms. The summed E-state index contributed by atoms with van der Waals surface area (Å²) in [4.78, 5) is 18.0. The number of anilines is 1. The van der Waals surface area contributed by atoms with Gasteiger partial charge in [-0.25, -0.2) is 9.37 Å². The molecule has 0 aliphatic carbocycles. The van der Waals surface area contributed by atoms with E-state index in [0.29, 0.717) is 5.82 Å². The van der Waals surface area contributed by atoms with Gasteiger partial charge >= 0.3 is 0 Å². The third-order valence-electron chi connectivity index (χ3n) is 3.35. The second-order valence-corrected chi connectivity index (χ2v) is 4.92. The molecule has 7 heteroatoms. The van der Waals surface area contributed by atoms with Gasteiger partial charge in [0.2, 0.25) is 0 Å².